The molecule has 1 N–H and O–H groups in total. The van der Waals surface area contributed by atoms with E-state index in [1.165, 1.54) is 5.56 Å². The van der Waals surface area contributed by atoms with Crippen LogP contribution in [0.2, 0.25) is 0 Å². The van der Waals surface area contributed by atoms with Gasteiger partial charge in [0.2, 0.25) is 0 Å². The predicted molar refractivity (Wildman–Crippen MR) is 39.6 cm³/mol. The van der Waals surface area contributed by atoms with Gasteiger partial charge < -0.3 is 4.98 Å². The Morgan fingerprint density at radius 2 is 2.30 bits per heavy atom. The van der Waals surface area contributed by atoms with Crippen LogP contribution in [0.3, 0.4) is 0 Å². The van der Waals surface area contributed by atoms with Crippen molar-refractivity contribution in [1.82, 2.24) is 4.98 Å². The van der Waals surface area contributed by atoms with Crippen molar-refractivity contribution in [2.45, 2.75) is 20.3 Å². The maximum absolute atomic E-state index is 8.38. The van der Waals surface area contributed by atoms with Gasteiger partial charge in [0.05, 0.1) is 12.5 Å². The van der Waals surface area contributed by atoms with Gasteiger partial charge in [0.1, 0.15) is 0 Å². The normalized spacial score (nSPS) is 9.30. The number of hydrogen-bond donors (Lipinski definition) is 1. The second-order valence-electron chi connectivity index (χ2n) is 2.45. The summed E-state index contributed by atoms with van der Waals surface area (Å²) in [6.07, 6.45) is 0.486. The van der Waals surface area contributed by atoms with Crippen LogP contribution >= 0.6 is 0 Å². The summed E-state index contributed by atoms with van der Waals surface area (Å²) in [5, 5.41) is 8.38. The van der Waals surface area contributed by atoms with Crippen LogP contribution in [0.5, 0.6) is 0 Å². The Kier molecular flexibility index (Phi) is 1.77. The highest BCUT2D eigenvalue weighted by atomic mass is 14.7. The van der Waals surface area contributed by atoms with Crippen LogP contribution in [-0.2, 0) is 6.42 Å². The highest BCUT2D eigenvalue weighted by molar-refractivity contribution is 5.25. The summed E-state index contributed by atoms with van der Waals surface area (Å²) < 4.78 is 0. The molecule has 0 amide bonds. The highest BCUT2D eigenvalue weighted by Crippen LogP contribution is 2.08. The van der Waals surface area contributed by atoms with Gasteiger partial charge in [-0.15, -0.1) is 0 Å². The molecule has 52 valence electrons. The van der Waals surface area contributed by atoms with Crippen molar-refractivity contribution >= 4 is 0 Å². The molecule has 1 rings (SSSR count). The standard InChI is InChI=1S/C8H10N2/c1-6-5-7(2)10-8(6)3-4-9/h5,10H,3H2,1-2H3. The first-order valence-electron chi connectivity index (χ1n) is 3.26. The minimum absolute atomic E-state index is 0.486. The molecule has 0 aliphatic carbocycles. The van der Waals surface area contributed by atoms with Gasteiger partial charge in [0, 0.05) is 11.4 Å². The molecule has 1 aromatic rings. The number of aryl methyl sites for hydroxylation is 2. The molecule has 0 fully saturated rings. The first-order chi connectivity index (χ1) is 4.74. The zero-order valence-electron chi connectivity index (χ0n) is 6.23. The Labute approximate surface area is 60.5 Å². The quantitative estimate of drug-likeness (QED) is 0.623. The van der Waals surface area contributed by atoms with Gasteiger partial charge in [0.15, 0.2) is 0 Å². The summed E-state index contributed by atoms with van der Waals surface area (Å²) in [5.41, 5.74) is 3.35. The molecule has 0 aliphatic heterocycles. The molecule has 0 bridgehead atoms. The first kappa shape index (κ1) is 6.88. The lowest BCUT2D eigenvalue weighted by Gasteiger charge is -1.88. The number of aromatic amines is 1. The van der Waals surface area contributed by atoms with Gasteiger partial charge in [-0.05, 0) is 25.5 Å². The molecule has 2 heteroatoms. The number of nitrogens with one attached hydrogen (secondary N) is 1. The van der Waals surface area contributed by atoms with Crippen LogP contribution < -0.4 is 0 Å². The maximum Gasteiger partial charge on any atom is 0.0755 e. The van der Waals surface area contributed by atoms with Crippen LogP contribution in [0.1, 0.15) is 17.0 Å². The monoisotopic (exact) mass is 134 g/mol. The van der Waals surface area contributed by atoms with Gasteiger partial charge in [-0.3, -0.25) is 0 Å². The largest absolute Gasteiger partial charge is 0.361 e. The molecule has 0 aliphatic rings. The number of hydrogen-bond acceptors (Lipinski definition) is 1. The van der Waals surface area contributed by atoms with Crippen molar-refractivity contribution in [2.24, 2.45) is 0 Å². The molecule has 0 unspecified atom stereocenters. The van der Waals surface area contributed by atoms with E-state index in [1.54, 1.807) is 0 Å². The minimum Gasteiger partial charge on any atom is -0.361 e. The molecule has 0 saturated heterocycles. The van der Waals surface area contributed by atoms with Crippen molar-refractivity contribution in [1.29, 1.82) is 5.26 Å². The van der Waals surface area contributed by atoms with Crippen LogP contribution in [0, 0.1) is 25.2 Å². The number of nitriles is 1. The van der Waals surface area contributed by atoms with Crippen LogP contribution in [0.25, 0.3) is 0 Å². The fraction of sp³-hybridized carbons (Fsp3) is 0.375. The van der Waals surface area contributed by atoms with E-state index in [4.69, 9.17) is 5.26 Å². The lowest BCUT2D eigenvalue weighted by molar-refractivity contribution is 1.10. The average molecular weight is 134 g/mol. The molecule has 0 saturated carbocycles. The smallest absolute Gasteiger partial charge is 0.0755 e. The zero-order valence-corrected chi connectivity index (χ0v) is 6.23. The summed E-state index contributed by atoms with van der Waals surface area (Å²) in [6.45, 7) is 4.00. The number of rotatable bonds is 1. The molecule has 1 heterocycles. The topological polar surface area (TPSA) is 39.6 Å². The third kappa shape index (κ3) is 1.19. The first-order valence-corrected chi connectivity index (χ1v) is 3.26. The Balaban J connectivity index is 2.94. The summed E-state index contributed by atoms with van der Waals surface area (Å²) in [7, 11) is 0. The third-order valence-electron chi connectivity index (χ3n) is 1.51. The van der Waals surface area contributed by atoms with Crippen LogP contribution in [0.15, 0.2) is 6.07 Å². The summed E-state index contributed by atoms with van der Waals surface area (Å²) in [4.78, 5) is 3.12. The summed E-state index contributed by atoms with van der Waals surface area (Å²) in [6, 6.07) is 4.16. The van der Waals surface area contributed by atoms with E-state index in [0.29, 0.717) is 6.42 Å². The Hall–Kier alpha value is -1.23. The van der Waals surface area contributed by atoms with E-state index in [-0.39, 0.29) is 0 Å². The average Bonchev–Trinajstić information content (AvgIpc) is 2.13. The Morgan fingerprint density at radius 3 is 2.70 bits per heavy atom. The maximum atomic E-state index is 8.38. The van der Waals surface area contributed by atoms with Crippen LogP contribution in [-0.4, -0.2) is 4.98 Å². The van der Waals surface area contributed by atoms with E-state index in [9.17, 15) is 0 Å². The molecule has 1 aromatic heterocycles. The fourth-order valence-electron chi connectivity index (χ4n) is 1.05. The van der Waals surface area contributed by atoms with Gasteiger partial charge in [-0.2, -0.15) is 5.26 Å². The number of H-pyrrole nitrogens is 1. The van der Waals surface area contributed by atoms with Crippen LogP contribution in [0.4, 0.5) is 0 Å². The number of aromatic nitrogens is 1. The van der Waals surface area contributed by atoms with E-state index < -0.39 is 0 Å². The van der Waals surface area contributed by atoms with Gasteiger partial charge in [-0.1, -0.05) is 0 Å². The van der Waals surface area contributed by atoms with E-state index in [1.807, 2.05) is 19.9 Å². The van der Waals surface area contributed by atoms with E-state index in [0.717, 1.165) is 11.4 Å². The molecular weight excluding hydrogens is 124 g/mol. The van der Waals surface area contributed by atoms with Gasteiger partial charge in [0.25, 0.3) is 0 Å². The van der Waals surface area contributed by atoms with Crippen molar-refractivity contribution in [3.63, 3.8) is 0 Å². The SMILES string of the molecule is Cc1cc(C)c(CC#N)[nH]1. The van der Waals surface area contributed by atoms with E-state index in [2.05, 4.69) is 11.1 Å². The molecule has 0 aromatic carbocycles. The van der Waals surface area contributed by atoms with Gasteiger partial charge in [-0.25, -0.2) is 0 Å². The lowest BCUT2D eigenvalue weighted by Crippen LogP contribution is -1.83. The zero-order chi connectivity index (χ0) is 7.56. The fourth-order valence-corrected chi connectivity index (χ4v) is 1.05. The molecule has 0 spiro atoms. The predicted octanol–water partition coefficient (Wildman–Crippen LogP) is 1.70. The number of nitrogens with zero attached hydrogens (tertiary/aromatic N) is 1. The second kappa shape index (κ2) is 2.57. The third-order valence-corrected chi connectivity index (χ3v) is 1.51. The summed E-state index contributed by atoms with van der Waals surface area (Å²) >= 11 is 0. The van der Waals surface area contributed by atoms with Crippen molar-refractivity contribution in [3.8, 4) is 6.07 Å². The molecular formula is C8H10N2. The van der Waals surface area contributed by atoms with Crippen molar-refractivity contribution < 1.29 is 0 Å². The molecule has 0 atom stereocenters. The molecule has 0 radical (unpaired) electrons. The Morgan fingerprint density at radius 1 is 1.60 bits per heavy atom. The van der Waals surface area contributed by atoms with Crippen molar-refractivity contribution in [2.75, 3.05) is 0 Å². The highest BCUT2D eigenvalue weighted by Gasteiger charge is 1.98. The van der Waals surface area contributed by atoms with Crippen molar-refractivity contribution in [3.05, 3.63) is 23.0 Å². The molecule has 2 nitrogen and oxygen atoms in total. The Bertz CT molecular complexity index is 265. The summed E-state index contributed by atoms with van der Waals surface area (Å²) in [5.74, 6) is 0. The lowest BCUT2D eigenvalue weighted by atomic mass is 10.2. The second-order valence-corrected chi connectivity index (χ2v) is 2.45. The van der Waals surface area contributed by atoms with Gasteiger partial charge >= 0.3 is 0 Å². The molecule has 10 heavy (non-hydrogen) atoms. The van der Waals surface area contributed by atoms with E-state index >= 15 is 0 Å². The minimum atomic E-state index is 0.486.